The van der Waals surface area contributed by atoms with Crippen molar-refractivity contribution in [3.05, 3.63) is 0 Å². The van der Waals surface area contributed by atoms with Crippen LogP contribution in [0.25, 0.3) is 0 Å². The first kappa shape index (κ1) is 25.5. The van der Waals surface area contributed by atoms with Crippen molar-refractivity contribution in [3.8, 4) is 0 Å². The number of carbonyl (C=O) groups is 1. The largest absolute Gasteiger partial charge is 0.462 e. The standard InChI is InChI=1S/C27H43NO8/c1-6-28-12-24(13-33-3)8-7-19(30)26-17-9-15-18(34-4)11-25(31,10-16(17)20(15)36-14(2)29)27(32,23(26)28)22(35-5)21(24)26/h15-23,30-32H,6-13H2,1-5H3/t15-,16-,17-,18+,19+,20+,21-,22+,23+,24+,25+,26+,27-/m1/s1. The Hall–Kier alpha value is -0.810. The van der Waals surface area contributed by atoms with Gasteiger partial charge >= 0.3 is 5.97 Å². The lowest BCUT2D eigenvalue weighted by Crippen LogP contribution is -2.73. The number of hydrogen-bond donors (Lipinski definition) is 3. The number of fused-ring (bicyclic) bond motifs is 3. The smallest absolute Gasteiger partial charge is 0.302 e. The molecule has 204 valence electrons. The van der Waals surface area contributed by atoms with Crippen molar-refractivity contribution in [2.24, 2.45) is 34.5 Å². The molecule has 6 fully saturated rings. The van der Waals surface area contributed by atoms with Gasteiger partial charge in [0.05, 0.1) is 31.0 Å². The van der Waals surface area contributed by atoms with Gasteiger partial charge in [-0.05, 0) is 38.1 Å². The van der Waals surface area contributed by atoms with E-state index in [-0.39, 0.29) is 54.0 Å². The summed E-state index contributed by atoms with van der Waals surface area (Å²) in [6.07, 6.45) is 0.456. The molecule has 6 aliphatic rings. The third kappa shape index (κ3) is 2.68. The van der Waals surface area contributed by atoms with Gasteiger partial charge in [0.15, 0.2) is 0 Å². The molecule has 6 rings (SSSR count). The number of likely N-dealkylation sites (tertiary alicyclic amines) is 1. The highest BCUT2D eigenvalue weighted by atomic mass is 16.5. The van der Waals surface area contributed by atoms with Gasteiger partial charge in [-0.3, -0.25) is 9.69 Å². The van der Waals surface area contributed by atoms with Crippen molar-refractivity contribution in [1.29, 1.82) is 0 Å². The number of aliphatic hydroxyl groups excluding tert-OH is 1. The van der Waals surface area contributed by atoms with Crippen molar-refractivity contribution >= 4 is 5.97 Å². The van der Waals surface area contributed by atoms with Crippen LogP contribution < -0.4 is 0 Å². The lowest BCUT2D eigenvalue weighted by molar-refractivity contribution is -0.235. The molecule has 8 bridgehead atoms. The van der Waals surface area contributed by atoms with Gasteiger partial charge in [0, 0.05) is 69.8 Å². The van der Waals surface area contributed by atoms with Crippen LogP contribution in [0.1, 0.15) is 46.0 Å². The fourth-order valence-electron chi connectivity index (χ4n) is 11.1. The Morgan fingerprint density at radius 2 is 1.86 bits per heavy atom. The van der Waals surface area contributed by atoms with Gasteiger partial charge in [-0.15, -0.1) is 0 Å². The quantitative estimate of drug-likeness (QED) is 0.442. The van der Waals surface area contributed by atoms with Gasteiger partial charge < -0.3 is 34.3 Å². The van der Waals surface area contributed by atoms with Gasteiger partial charge in [0.1, 0.15) is 17.3 Å². The number of likely N-dealkylation sites (N-methyl/N-ethyl adjacent to an activating group) is 1. The number of rotatable bonds is 6. The molecule has 1 saturated heterocycles. The van der Waals surface area contributed by atoms with Crippen LogP contribution in [0.15, 0.2) is 0 Å². The van der Waals surface area contributed by atoms with Crippen molar-refractivity contribution in [3.63, 3.8) is 0 Å². The topological polar surface area (TPSA) is 118 Å². The number of piperidine rings is 1. The molecule has 9 nitrogen and oxygen atoms in total. The predicted octanol–water partition coefficient (Wildman–Crippen LogP) is 0.578. The molecule has 3 N–H and O–H groups in total. The molecule has 1 heterocycles. The molecular weight excluding hydrogens is 466 g/mol. The maximum absolute atomic E-state index is 13.1. The maximum atomic E-state index is 13.1. The predicted molar refractivity (Wildman–Crippen MR) is 128 cm³/mol. The Morgan fingerprint density at radius 1 is 1.11 bits per heavy atom. The van der Waals surface area contributed by atoms with Gasteiger partial charge in [0.2, 0.25) is 0 Å². The van der Waals surface area contributed by atoms with E-state index in [1.54, 1.807) is 21.3 Å². The molecule has 0 unspecified atom stereocenters. The minimum absolute atomic E-state index is 0.0682. The van der Waals surface area contributed by atoms with Crippen LogP contribution in [0.4, 0.5) is 0 Å². The van der Waals surface area contributed by atoms with Gasteiger partial charge in [-0.2, -0.15) is 0 Å². The van der Waals surface area contributed by atoms with E-state index >= 15 is 0 Å². The molecule has 5 aliphatic carbocycles. The van der Waals surface area contributed by atoms with Crippen LogP contribution in [0.3, 0.4) is 0 Å². The normalized spacial score (nSPS) is 56.9. The number of esters is 1. The summed E-state index contributed by atoms with van der Waals surface area (Å²) in [4.78, 5) is 14.6. The van der Waals surface area contributed by atoms with Crippen LogP contribution in [0.2, 0.25) is 0 Å². The lowest BCUT2D eigenvalue weighted by atomic mass is 9.46. The summed E-state index contributed by atoms with van der Waals surface area (Å²) in [5, 5.41) is 37.9. The number of carbonyl (C=O) groups excluding carboxylic acids is 1. The summed E-state index contributed by atoms with van der Waals surface area (Å²) in [6, 6.07) is -0.488. The first-order valence-corrected chi connectivity index (χ1v) is 13.7. The first-order valence-electron chi connectivity index (χ1n) is 13.7. The van der Waals surface area contributed by atoms with E-state index in [4.69, 9.17) is 18.9 Å². The molecule has 0 aromatic rings. The summed E-state index contributed by atoms with van der Waals surface area (Å²) in [7, 11) is 4.97. The van der Waals surface area contributed by atoms with E-state index in [9.17, 15) is 20.1 Å². The van der Waals surface area contributed by atoms with E-state index in [1.807, 2.05) is 0 Å². The lowest BCUT2D eigenvalue weighted by Gasteiger charge is -2.65. The fourth-order valence-corrected chi connectivity index (χ4v) is 11.1. The molecule has 13 atom stereocenters. The van der Waals surface area contributed by atoms with Crippen LogP contribution in [-0.2, 0) is 23.7 Å². The summed E-state index contributed by atoms with van der Waals surface area (Å²) < 4.78 is 24.0. The van der Waals surface area contributed by atoms with E-state index in [0.29, 0.717) is 26.0 Å². The van der Waals surface area contributed by atoms with E-state index in [2.05, 4.69) is 11.8 Å². The Balaban J connectivity index is 1.66. The first-order chi connectivity index (χ1) is 17.1. The second kappa shape index (κ2) is 8.10. The average Bonchev–Trinajstić information content (AvgIpc) is 3.19. The molecule has 0 aromatic carbocycles. The van der Waals surface area contributed by atoms with Crippen molar-refractivity contribution < 1.29 is 39.1 Å². The van der Waals surface area contributed by atoms with Crippen LogP contribution in [0.5, 0.6) is 0 Å². The number of nitrogens with zero attached hydrogens (tertiary/aromatic N) is 1. The number of methoxy groups -OCH3 is 3. The zero-order valence-corrected chi connectivity index (χ0v) is 22.2. The highest BCUT2D eigenvalue weighted by Crippen LogP contribution is 2.77. The minimum atomic E-state index is -1.63. The van der Waals surface area contributed by atoms with Crippen molar-refractivity contribution in [2.75, 3.05) is 41.0 Å². The molecule has 1 spiro atoms. The number of hydrogen-bond acceptors (Lipinski definition) is 9. The van der Waals surface area contributed by atoms with Crippen molar-refractivity contribution in [1.82, 2.24) is 4.90 Å². The second-order valence-electron chi connectivity index (χ2n) is 12.7. The summed E-state index contributed by atoms with van der Waals surface area (Å²) >= 11 is 0. The van der Waals surface area contributed by atoms with Crippen molar-refractivity contribution in [2.45, 2.75) is 87.6 Å². The third-order valence-corrected chi connectivity index (χ3v) is 11.8. The second-order valence-corrected chi connectivity index (χ2v) is 12.7. The maximum Gasteiger partial charge on any atom is 0.302 e. The van der Waals surface area contributed by atoms with Crippen LogP contribution in [-0.4, -0.2) is 109 Å². The monoisotopic (exact) mass is 509 g/mol. The number of ether oxygens (including phenoxy) is 4. The molecule has 36 heavy (non-hydrogen) atoms. The minimum Gasteiger partial charge on any atom is -0.462 e. The summed E-state index contributed by atoms with van der Waals surface area (Å²) in [6.45, 7) is 5.41. The van der Waals surface area contributed by atoms with Gasteiger partial charge in [-0.1, -0.05) is 6.92 Å². The molecule has 5 saturated carbocycles. The van der Waals surface area contributed by atoms with Gasteiger partial charge in [0.25, 0.3) is 0 Å². The zero-order chi connectivity index (χ0) is 25.8. The van der Waals surface area contributed by atoms with E-state index < -0.39 is 41.0 Å². The SMILES string of the molecule is CCN1C[C@]2(COC)CC[C@H](O)[C@@]34[C@@H]5C[C@H]6[C@H](OC(C)=O)[C@@H]5C[C@](O)(C[C@@H]6OC)[C@@](O)([C@@H](OC)[C@H]23)[C@@H]14. The Labute approximate surface area is 213 Å². The Morgan fingerprint density at radius 3 is 2.47 bits per heavy atom. The molecular formula is C27H43NO8. The third-order valence-electron chi connectivity index (χ3n) is 11.8. The highest BCUT2D eigenvalue weighted by molar-refractivity contribution is 5.66. The van der Waals surface area contributed by atoms with Crippen LogP contribution >= 0.6 is 0 Å². The molecule has 1 aliphatic heterocycles. The van der Waals surface area contributed by atoms with Gasteiger partial charge in [-0.25, -0.2) is 0 Å². The number of aliphatic hydroxyl groups is 3. The molecule has 0 radical (unpaired) electrons. The Kier molecular flexibility index (Phi) is 5.73. The van der Waals surface area contributed by atoms with Crippen LogP contribution in [0, 0.1) is 34.5 Å². The van der Waals surface area contributed by atoms with E-state index in [0.717, 1.165) is 13.0 Å². The summed E-state index contributed by atoms with van der Waals surface area (Å²) in [5.74, 6) is -0.915. The van der Waals surface area contributed by atoms with E-state index in [1.165, 1.54) is 6.92 Å². The molecule has 9 heteroatoms. The summed E-state index contributed by atoms with van der Waals surface area (Å²) in [5.41, 5.74) is -4.23. The fraction of sp³-hybridized carbons (Fsp3) is 0.963. The molecule has 0 amide bonds. The molecule has 0 aromatic heterocycles. The highest BCUT2D eigenvalue weighted by Gasteiger charge is 2.87. The average molecular weight is 510 g/mol. The Bertz CT molecular complexity index is 918. The zero-order valence-electron chi connectivity index (χ0n) is 22.2.